The van der Waals surface area contributed by atoms with E-state index in [1.807, 2.05) is 24.3 Å². The first-order chi connectivity index (χ1) is 8.70. The Morgan fingerprint density at radius 3 is 2.56 bits per heavy atom. The molecule has 3 nitrogen and oxygen atoms in total. The van der Waals surface area contributed by atoms with Crippen molar-refractivity contribution in [1.82, 2.24) is 0 Å². The molecule has 0 spiro atoms. The summed E-state index contributed by atoms with van der Waals surface area (Å²) in [5.74, 6) is 0. The average Bonchev–Trinajstić information content (AvgIpc) is 2.41. The Labute approximate surface area is 107 Å². The number of nitrogens with zero attached hydrogens (tertiary/aromatic N) is 1. The highest BCUT2D eigenvalue weighted by Crippen LogP contribution is 2.23. The molecule has 0 aliphatic rings. The summed E-state index contributed by atoms with van der Waals surface area (Å²) in [7, 11) is 0. The SMILES string of the molecule is C[C@@H](Nc1ccc(N)cc1C#N)c1ccccc1. The lowest BCUT2D eigenvalue weighted by Gasteiger charge is -2.16. The Balaban J connectivity index is 2.22. The second-order valence-electron chi connectivity index (χ2n) is 4.19. The lowest BCUT2D eigenvalue weighted by atomic mass is 10.1. The highest BCUT2D eigenvalue weighted by atomic mass is 14.9. The van der Waals surface area contributed by atoms with Crippen molar-refractivity contribution < 1.29 is 0 Å². The number of anilines is 2. The van der Waals surface area contributed by atoms with Crippen LogP contribution in [0.2, 0.25) is 0 Å². The lowest BCUT2D eigenvalue weighted by molar-refractivity contribution is 0.884. The van der Waals surface area contributed by atoms with Crippen molar-refractivity contribution in [1.29, 1.82) is 5.26 Å². The number of nitrogens with one attached hydrogen (secondary N) is 1. The smallest absolute Gasteiger partial charge is 0.101 e. The summed E-state index contributed by atoms with van der Waals surface area (Å²) < 4.78 is 0. The van der Waals surface area contributed by atoms with Gasteiger partial charge in [0.15, 0.2) is 0 Å². The van der Waals surface area contributed by atoms with Gasteiger partial charge in [0, 0.05) is 11.7 Å². The maximum Gasteiger partial charge on any atom is 0.101 e. The highest BCUT2D eigenvalue weighted by Gasteiger charge is 2.08. The van der Waals surface area contributed by atoms with Crippen molar-refractivity contribution in [3.63, 3.8) is 0 Å². The van der Waals surface area contributed by atoms with E-state index in [0.717, 1.165) is 5.69 Å². The van der Waals surface area contributed by atoms with E-state index in [4.69, 9.17) is 11.0 Å². The van der Waals surface area contributed by atoms with E-state index in [1.54, 1.807) is 12.1 Å². The zero-order valence-electron chi connectivity index (χ0n) is 10.2. The molecule has 0 fully saturated rings. The third-order valence-corrected chi connectivity index (χ3v) is 2.84. The Hall–Kier alpha value is -2.47. The molecule has 0 aromatic heterocycles. The summed E-state index contributed by atoms with van der Waals surface area (Å²) in [6.07, 6.45) is 0. The van der Waals surface area contributed by atoms with Crippen LogP contribution in [0.3, 0.4) is 0 Å². The number of rotatable bonds is 3. The Morgan fingerprint density at radius 1 is 1.17 bits per heavy atom. The molecule has 2 aromatic rings. The van der Waals surface area contributed by atoms with Crippen molar-refractivity contribution in [3.05, 3.63) is 59.7 Å². The molecule has 0 aliphatic heterocycles. The molecule has 1 atom stereocenters. The zero-order chi connectivity index (χ0) is 13.0. The monoisotopic (exact) mass is 237 g/mol. The van der Waals surface area contributed by atoms with Crippen LogP contribution in [0.4, 0.5) is 11.4 Å². The summed E-state index contributed by atoms with van der Waals surface area (Å²) in [6, 6.07) is 17.7. The number of nitrogen functional groups attached to an aromatic ring is 1. The van der Waals surface area contributed by atoms with E-state index in [2.05, 4.69) is 30.4 Å². The molecule has 0 amide bonds. The molecule has 90 valence electrons. The van der Waals surface area contributed by atoms with Crippen LogP contribution in [0, 0.1) is 11.3 Å². The van der Waals surface area contributed by atoms with Crippen molar-refractivity contribution in [2.45, 2.75) is 13.0 Å². The van der Waals surface area contributed by atoms with E-state index in [-0.39, 0.29) is 6.04 Å². The summed E-state index contributed by atoms with van der Waals surface area (Å²) >= 11 is 0. The molecule has 0 saturated carbocycles. The average molecular weight is 237 g/mol. The Bertz CT molecular complexity index is 570. The van der Waals surface area contributed by atoms with E-state index in [0.29, 0.717) is 11.3 Å². The fourth-order valence-corrected chi connectivity index (χ4v) is 1.84. The molecule has 0 bridgehead atoms. The molecule has 0 unspecified atom stereocenters. The normalized spacial score (nSPS) is 11.6. The van der Waals surface area contributed by atoms with Crippen molar-refractivity contribution >= 4 is 11.4 Å². The van der Waals surface area contributed by atoms with Gasteiger partial charge in [-0.2, -0.15) is 5.26 Å². The molecule has 0 radical (unpaired) electrons. The predicted octanol–water partition coefficient (Wildman–Crippen LogP) is 3.31. The van der Waals surface area contributed by atoms with Gasteiger partial charge in [0.25, 0.3) is 0 Å². The van der Waals surface area contributed by atoms with Gasteiger partial charge in [0.1, 0.15) is 6.07 Å². The van der Waals surface area contributed by atoms with Gasteiger partial charge in [0.2, 0.25) is 0 Å². The largest absolute Gasteiger partial charge is 0.399 e. The standard InChI is InChI=1S/C15H15N3/c1-11(12-5-3-2-4-6-12)18-15-8-7-14(17)9-13(15)10-16/h2-9,11,18H,17H2,1H3/t11-/m1/s1. The van der Waals surface area contributed by atoms with Crippen LogP contribution in [0.25, 0.3) is 0 Å². The van der Waals surface area contributed by atoms with Gasteiger partial charge in [0.05, 0.1) is 11.3 Å². The molecule has 0 aliphatic carbocycles. The minimum Gasteiger partial charge on any atom is -0.399 e. The van der Waals surface area contributed by atoms with Gasteiger partial charge >= 0.3 is 0 Å². The minimum atomic E-state index is 0.141. The molecule has 2 rings (SSSR count). The van der Waals surface area contributed by atoms with Crippen molar-refractivity contribution in [2.24, 2.45) is 0 Å². The third-order valence-electron chi connectivity index (χ3n) is 2.84. The first-order valence-electron chi connectivity index (χ1n) is 5.82. The molecule has 3 heteroatoms. The van der Waals surface area contributed by atoms with E-state index in [9.17, 15) is 0 Å². The van der Waals surface area contributed by atoms with Gasteiger partial charge < -0.3 is 11.1 Å². The quantitative estimate of drug-likeness (QED) is 0.805. The molecular formula is C15H15N3. The van der Waals surface area contributed by atoms with Crippen LogP contribution in [0.5, 0.6) is 0 Å². The van der Waals surface area contributed by atoms with Gasteiger partial charge in [-0.05, 0) is 30.7 Å². The van der Waals surface area contributed by atoms with Crippen LogP contribution < -0.4 is 11.1 Å². The summed E-state index contributed by atoms with van der Waals surface area (Å²) in [5.41, 5.74) is 8.82. The van der Waals surface area contributed by atoms with E-state index < -0.39 is 0 Å². The van der Waals surface area contributed by atoms with Gasteiger partial charge in [-0.3, -0.25) is 0 Å². The second kappa shape index (κ2) is 5.24. The highest BCUT2D eigenvalue weighted by molar-refractivity contribution is 5.63. The lowest BCUT2D eigenvalue weighted by Crippen LogP contribution is -2.07. The molecular weight excluding hydrogens is 222 g/mol. The molecule has 0 saturated heterocycles. The first kappa shape index (κ1) is 12.0. The fraction of sp³-hybridized carbons (Fsp3) is 0.133. The van der Waals surface area contributed by atoms with Gasteiger partial charge in [-0.1, -0.05) is 30.3 Å². The third kappa shape index (κ3) is 2.61. The van der Waals surface area contributed by atoms with Gasteiger partial charge in [-0.25, -0.2) is 0 Å². The van der Waals surface area contributed by atoms with E-state index >= 15 is 0 Å². The first-order valence-corrected chi connectivity index (χ1v) is 5.82. The van der Waals surface area contributed by atoms with Crippen LogP contribution in [-0.4, -0.2) is 0 Å². The molecule has 0 heterocycles. The van der Waals surface area contributed by atoms with E-state index in [1.165, 1.54) is 5.56 Å². The summed E-state index contributed by atoms with van der Waals surface area (Å²) in [4.78, 5) is 0. The Morgan fingerprint density at radius 2 is 1.89 bits per heavy atom. The molecule has 3 N–H and O–H groups in total. The summed E-state index contributed by atoms with van der Waals surface area (Å²) in [5, 5.41) is 12.4. The van der Waals surface area contributed by atoms with Crippen molar-refractivity contribution in [3.8, 4) is 6.07 Å². The Kier molecular flexibility index (Phi) is 3.49. The zero-order valence-corrected chi connectivity index (χ0v) is 10.2. The number of hydrogen-bond acceptors (Lipinski definition) is 3. The number of nitriles is 1. The van der Waals surface area contributed by atoms with Crippen LogP contribution >= 0.6 is 0 Å². The maximum absolute atomic E-state index is 9.08. The predicted molar refractivity (Wildman–Crippen MR) is 74.0 cm³/mol. The van der Waals surface area contributed by atoms with Gasteiger partial charge in [-0.15, -0.1) is 0 Å². The molecule has 18 heavy (non-hydrogen) atoms. The van der Waals surface area contributed by atoms with Crippen molar-refractivity contribution in [2.75, 3.05) is 11.1 Å². The molecule has 2 aromatic carbocycles. The topological polar surface area (TPSA) is 61.8 Å². The summed E-state index contributed by atoms with van der Waals surface area (Å²) in [6.45, 7) is 2.06. The van der Waals surface area contributed by atoms with Crippen LogP contribution in [-0.2, 0) is 0 Å². The number of benzene rings is 2. The minimum absolute atomic E-state index is 0.141. The number of nitrogens with two attached hydrogens (primary N) is 1. The maximum atomic E-state index is 9.08. The second-order valence-corrected chi connectivity index (χ2v) is 4.19. The number of hydrogen-bond donors (Lipinski definition) is 2. The fourth-order valence-electron chi connectivity index (χ4n) is 1.84. The van der Waals surface area contributed by atoms with Crippen LogP contribution in [0.1, 0.15) is 24.1 Å². The van der Waals surface area contributed by atoms with Crippen LogP contribution in [0.15, 0.2) is 48.5 Å².